The largest absolute Gasteiger partial charge is 0.505 e. The van der Waals surface area contributed by atoms with Crippen LogP contribution >= 0.6 is 11.6 Å². The molecule has 12 nitrogen and oxygen atoms in total. The number of carbonyl (C=O) groups is 5. The lowest BCUT2D eigenvalue weighted by molar-refractivity contribution is -0.140. The summed E-state index contributed by atoms with van der Waals surface area (Å²) in [5, 5.41) is 20.3. The highest BCUT2D eigenvalue weighted by molar-refractivity contribution is 6.34. The molecule has 2 aliphatic rings. The molecular weight excluding hydrogens is 684 g/mol. The summed E-state index contributed by atoms with van der Waals surface area (Å²) < 4.78 is 27.8. The fraction of sp³-hybridized carbons (Fsp3) is 0.289. The number of aryl methyl sites for hydroxylation is 1. The monoisotopic (exact) mass is 718 g/mol. The smallest absolute Gasteiger partial charge is 0.372 e. The first-order valence-corrected chi connectivity index (χ1v) is 16.0. The summed E-state index contributed by atoms with van der Waals surface area (Å²) in [6.07, 6.45) is 2.23. The number of hydrogen-bond acceptors (Lipinski definition) is 11. The first-order valence-electron chi connectivity index (χ1n) is 15.6. The van der Waals surface area contributed by atoms with E-state index < -0.39 is 46.0 Å². The van der Waals surface area contributed by atoms with Crippen LogP contribution < -0.4 is 14.2 Å². The number of ketones is 1. The standard InChI is InChI=1S/C38H35ClO12/c1-14-11-24(15(2)16(3)27(14)35(44)49-32-20(7)17(4)28(34(42)43)18(5)21(32)8)48-36(45)29-19(6)22(9)33(30(39)31(29)41)50-37(46)38-25(47-10)12-23(40)13-26(38)51-38/h11-13,41H,1-10H3,(H,42,43)/t38-/m0/s1. The molecule has 1 aliphatic carbocycles. The Balaban J connectivity index is 1.42. The van der Waals surface area contributed by atoms with Crippen molar-refractivity contribution in [2.24, 2.45) is 0 Å². The van der Waals surface area contributed by atoms with E-state index in [0.717, 1.165) is 12.2 Å². The Hall–Kier alpha value is -5.62. The van der Waals surface area contributed by atoms with E-state index in [1.54, 1.807) is 48.5 Å². The lowest BCUT2D eigenvalue weighted by Gasteiger charge is -2.21. The summed E-state index contributed by atoms with van der Waals surface area (Å²) in [4.78, 5) is 64.2. The van der Waals surface area contributed by atoms with E-state index in [1.165, 1.54) is 27.0 Å². The summed E-state index contributed by atoms with van der Waals surface area (Å²) in [6, 6.07) is 1.49. The van der Waals surface area contributed by atoms with Crippen LogP contribution in [0.2, 0.25) is 5.02 Å². The molecule has 0 unspecified atom stereocenters. The van der Waals surface area contributed by atoms with Gasteiger partial charge in [-0.05, 0) is 118 Å². The van der Waals surface area contributed by atoms with Crippen LogP contribution in [0.1, 0.15) is 81.1 Å². The SMILES string of the molecule is COC1=CC(=O)C=C2O[C@@]12C(=O)Oc1c(C)c(C)c(C(=O)Oc2cc(C)c(C(=O)Oc3c(C)c(C)c(C(=O)O)c(C)c3C)c(C)c2C)c(O)c1Cl. The van der Waals surface area contributed by atoms with Gasteiger partial charge in [0.05, 0.1) is 18.2 Å². The molecule has 0 spiro atoms. The number of carbonyl (C=O) groups excluding carboxylic acids is 4. The van der Waals surface area contributed by atoms with Gasteiger partial charge in [-0.3, -0.25) is 4.79 Å². The zero-order chi connectivity index (χ0) is 38.0. The predicted octanol–water partition coefficient (Wildman–Crippen LogP) is 6.63. The molecule has 266 valence electrons. The van der Waals surface area contributed by atoms with E-state index in [1.807, 2.05) is 0 Å². The Bertz CT molecular complexity index is 2150. The van der Waals surface area contributed by atoms with Crippen molar-refractivity contribution >= 4 is 41.3 Å². The zero-order valence-electron chi connectivity index (χ0n) is 29.6. The number of carboxylic acid groups (broad SMARTS) is 1. The molecule has 2 N–H and O–H groups in total. The van der Waals surface area contributed by atoms with Gasteiger partial charge in [-0.25, -0.2) is 19.2 Å². The molecule has 51 heavy (non-hydrogen) atoms. The highest BCUT2D eigenvalue weighted by Gasteiger charge is 2.68. The second-order valence-corrected chi connectivity index (χ2v) is 12.9. The molecule has 3 aromatic rings. The number of phenolic OH excluding ortho intramolecular Hbond substituents is 1. The molecule has 0 amide bonds. The first kappa shape index (κ1) is 36.7. The molecule has 1 atom stereocenters. The van der Waals surface area contributed by atoms with Crippen LogP contribution in [0.15, 0.2) is 29.7 Å². The Kier molecular flexibility index (Phi) is 9.29. The van der Waals surface area contributed by atoms with E-state index >= 15 is 0 Å². The highest BCUT2D eigenvalue weighted by atomic mass is 35.5. The molecule has 1 heterocycles. The van der Waals surface area contributed by atoms with Crippen molar-refractivity contribution < 1.29 is 57.9 Å². The number of ether oxygens (including phenoxy) is 5. The highest BCUT2D eigenvalue weighted by Crippen LogP contribution is 2.51. The number of hydrogen-bond donors (Lipinski definition) is 2. The normalized spacial score (nSPS) is 15.9. The molecule has 1 fully saturated rings. The van der Waals surface area contributed by atoms with E-state index in [0.29, 0.717) is 38.9 Å². The third-order valence-electron chi connectivity index (χ3n) is 9.71. The van der Waals surface area contributed by atoms with Crippen LogP contribution in [-0.2, 0) is 19.1 Å². The van der Waals surface area contributed by atoms with Crippen LogP contribution in [0.25, 0.3) is 0 Å². The number of fused-ring (bicyclic) bond motifs is 1. The van der Waals surface area contributed by atoms with Gasteiger partial charge in [0.1, 0.15) is 22.1 Å². The maximum absolute atomic E-state index is 13.6. The van der Waals surface area contributed by atoms with Crippen molar-refractivity contribution in [1.82, 2.24) is 0 Å². The number of allylic oxidation sites excluding steroid dienone is 2. The number of esters is 3. The molecule has 0 aromatic heterocycles. The first-order chi connectivity index (χ1) is 23.8. The van der Waals surface area contributed by atoms with Gasteiger partial charge in [0.25, 0.3) is 0 Å². The number of aromatic carboxylic acids is 1. The number of carboxylic acids is 1. The second kappa shape index (κ2) is 12.9. The minimum atomic E-state index is -1.76. The average Bonchev–Trinajstić information content (AvgIpc) is 3.80. The Labute approximate surface area is 298 Å². The van der Waals surface area contributed by atoms with Crippen molar-refractivity contribution in [3.8, 4) is 23.0 Å². The van der Waals surface area contributed by atoms with Crippen LogP contribution in [0.4, 0.5) is 0 Å². The number of rotatable bonds is 8. The number of epoxide rings is 1. The third-order valence-corrected chi connectivity index (χ3v) is 10.1. The van der Waals surface area contributed by atoms with Gasteiger partial charge in [-0.15, -0.1) is 0 Å². The number of aromatic hydroxyl groups is 1. The number of halogens is 1. The van der Waals surface area contributed by atoms with Gasteiger partial charge in [0.15, 0.2) is 28.8 Å². The minimum absolute atomic E-state index is 0.0387. The summed E-state index contributed by atoms with van der Waals surface area (Å²) in [5.74, 6) is -4.70. The lowest BCUT2D eigenvalue weighted by atomic mass is 9.93. The molecule has 0 saturated carbocycles. The molecule has 5 rings (SSSR count). The summed E-state index contributed by atoms with van der Waals surface area (Å²) in [7, 11) is 1.27. The van der Waals surface area contributed by atoms with Gasteiger partial charge in [-0.2, -0.15) is 0 Å². The van der Waals surface area contributed by atoms with Crippen LogP contribution in [0, 0.1) is 62.3 Å². The van der Waals surface area contributed by atoms with Gasteiger partial charge >= 0.3 is 29.5 Å². The Morgan fingerprint density at radius 1 is 0.706 bits per heavy atom. The van der Waals surface area contributed by atoms with Crippen LogP contribution in [0.5, 0.6) is 23.0 Å². The maximum atomic E-state index is 13.6. The Morgan fingerprint density at radius 3 is 1.80 bits per heavy atom. The summed E-state index contributed by atoms with van der Waals surface area (Å²) in [5.41, 5.74) is 2.16. The molecule has 1 saturated heterocycles. The fourth-order valence-electron chi connectivity index (χ4n) is 6.25. The topological polar surface area (TPSA) is 175 Å². The maximum Gasteiger partial charge on any atom is 0.372 e. The Morgan fingerprint density at radius 2 is 1.24 bits per heavy atom. The minimum Gasteiger partial charge on any atom is -0.505 e. The van der Waals surface area contributed by atoms with E-state index in [2.05, 4.69) is 0 Å². The van der Waals surface area contributed by atoms with Crippen molar-refractivity contribution in [1.29, 1.82) is 0 Å². The lowest BCUT2D eigenvalue weighted by Crippen LogP contribution is -2.34. The number of methoxy groups -OCH3 is 1. The summed E-state index contributed by atoms with van der Waals surface area (Å²) >= 11 is 6.46. The number of phenols is 1. The van der Waals surface area contributed by atoms with E-state index in [-0.39, 0.29) is 56.6 Å². The second-order valence-electron chi connectivity index (χ2n) is 12.5. The summed E-state index contributed by atoms with van der Waals surface area (Å²) in [6.45, 7) is 14.7. The van der Waals surface area contributed by atoms with E-state index in [9.17, 15) is 34.2 Å². The third kappa shape index (κ3) is 5.79. The molecular formula is C38H35ClO12. The van der Waals surface area contributed by atoms with Crippen molar-refractivity contribution in [2.45, 2.75) is 67.9 Å². The number of benzene rings is 3. The zero-order valence-corrected chi connectivity index (χ0v) is 30.3. The van der Waals surface area contributed by atoms with Gasteiger partial charge in [-0.1, -0.05) is 11.6 Å². The predicted molar refractivity (Wildman–Crippen MR) is 183 cm³/mol. The molecule has 1 aliphatic heterocycles. The molecule has 0 radical (unpaired) electrons. The molecule has 0 bridgehead atoms. The van der Waals surface area contributed by atoms with Gasteiger partial charge < -0.3 is 33.9 Å². The fourth-order valence-corrected chi connectivity index (χ4v) is 6.53. The molecule has 3 aromatic carbocycles. The van der Waals surface area contributed by atoms with Gasteiger partial charge in [0.2, 0.25) is 0 Å². The molecule has 13 heteroatoms. The van der Waals surface area contributed by atoms with Crippen LogP contribution in [0.3, 0.4) is 0 Å². The van der Waals surface area contributed by atoms with Crippen molar-refractivity contribution in [2.75, 3.05) is 7.11 Å². The van der Waals surface area contributed by atoms with Crippen molar-refractivity contribution in [3.05, 3.63) is 102 Å². The van der Waals surface area contributed by atoms with Crippen molar-refractivity contribution in [3.63, 3.8) is 0 Å². The van der Waals surface area contributed by atoms with E-state index in [4.69, 9.17) is 35.3 Å². The average molecular weight is 719 g/mol. The van der Waals surface area contributed by atoms with Crippen LogP contribution in [-0.4, -0.2) is 52.6 Å². The quantitative estimate of drug-likeness (QED) is 0.145. The van der Waals surface area contributed by atoms with Gasteiger partial charge in [0, 0.05) is 12.2 Å².